The maximum Gasteiger partial charge on any atom is 0.250 e. The van der Waals surface area contributed by atoms with Crippen molar-refractivity contribution in [1.29, 1.82) is 0 Å². The molecule has 2 aromatic heterocycles. The van der Waals surface area contributed by atoms with E-state index in [2.05, 4.69) is 25.6 Å². The second-order valence-corrected chi connectivity index (χ2v) is 5.25. The molecule has 0 aliphatic rings. The summed E-state index contributed by atoms with van der Waals surface area (Å²) in [6.07, 6.45) is 0. The second-order valence-electron chi connectivity index (χ2n) is 5.25. The van der Waals surface area contributed by atoms with E-state index in [4.69, 9.17) is 9.26 Å². The number of methoxy groups -OCH3 is 1. The van der Waals surface area contributed by atoms with Crippen molar-refractivity contribution in [2.75, 3.05) is 7.11 Å². The first-order chi connectivity index (χ1) is 12.3. The molecule has 0 fully saturated rings. The number of hydrogen-bond acceptors (Lipinski definition) is 7. The van der Waals surface area contributed by atoms with Gasteiger partial charge in [-0.25, -0.2) is 0 Å². The Hall–Kier alpha value is -3.55. The van der Waals surface area contributed by atoms with Gasteiger partial charge < -0.3 is 9.26 Å². The molecule has 0 spiro atoms. The highest BCUT2D eigenvalue weighted by Gasteiger charge is 2.12. The largest absolute Gasteiger partial charge is 0.497 e. The molecule has 4 aromatic rings. The molecule has 0 amide bonds. The Balaban J connectivity index is 1.53. The van der Waals surface area contributed by atoms with Crippen molar-refractivity contribution in [2.45, 2.75) is 6.54 Å². The van der Waals surface area contributed by atoms with Crippen LogP contribution in [0, 0.1) is 0 Å². The van der Waals surface area contributed by atoms with Crippen LogP contribution in [-0.4, -0.2) is 37.5 Å². The lowest BCUT2D eigenvalue weighted by atomic mass is 10.2. The second kappa shape index (κ2) is 6.52. The summed E-state index contributed by atoms with van der Waals surface area (Å²) in [7, 11) is 1.61. The molecule has 124 valence electrons. The van der Waals surface area contributed by atoms with Crippen molar-refractivity contribution in [3.05, 3.63) is 60.5 Å². The molecule has 4 rings (SSSR count). The Morgan fingerprint density at radius 3 is 2.68 bits per heavy atom. The minimum atomic E-state index is 0.247. The Labute approximate surface area is 143 Å². The van der Waals surface area contributed by atoms with Gasteiger partial charge in [-0.05, 0) is 17.3 Å². The van der Waals surface area contributed by atoms with Crippen LogP contribution in [0.3, 0.4) is 0 Å². The van der Waals surface area contributed by atoms with Crippen molar-refractivity contribution in [2.24, 2.45) is 0 Å². The first-order valence-electron chi connectivity index (χ1n) is 7.62. The highest BCUT2D eigenvalue weighted by molar-refractivity contribution is 5.56. The standard InChI is InChI=1S/C17H14N6O2/c1-24-14-9-5-8-13(10-14)16-18-15(25-21-16)11-23-20-17(19-22-23)12-6-3-2-4-7-12/h2-10H,11H2,1H3. The molecule has 0 saturated carbocycles. The van der Waals surface area contributed by atoms with Gasteiger partial charge in [-0.1, -0.05) is 47.6 Å². The van der Waals surface area contributed by atoms with Gasteiger partial charge in [0.15, 0.2) is 0 Å². The van der Waals surface area contributed by atoms with Gasteiger partial charge in [0.2, 0.25) is 11.6 Å². The fourth-order valence-electron chi connectivity index (χ4n) is 2.33. The molecule has 0 atom stereocenters. The summed E-state index contributed by atoms with van der Waals surface area (Å²) in [5.74, 6) is 2.16. The number of hydrogen-bond donors (Lipinski definition) is 0. The third-order valence-corrected chi connectivity index (χ3v) is 3.56. The van der Waals surface area contributed by atoms with Gasteiger partial charge in [-0.2, -0.15) is 9.78 Å². The summed E-state index contributed by atoms with van der Waals surface area (Å²) in [4.78, 5) is 5.79. The Morgan fingerprint density at radius 2 is 1.84 bits per heavy atom. The predicted molar refractivity (Wildman–Crippen MR) is 88.6 cm³/mol. The van der Waals surface area contributed by atoms with E-state index in [9.17, 15) is 0 Å². The van der Waals surface area contributed by atoms with Gasteiger partial charge in [-0.15, -0.1) is 10.2 Å². The number of nitrogens with zero attached hydrogens (tertiary/aromatic N) is 6. The Morgan fingerprint density at radius 1 is 1.00 bits per heavy atom. The van der Waals surface area contributed by atoms with Gasteiger partial charge in [0.25, 0.3) is 5.89 Å². The van der Waals surface area contributed by atoms with E-state index in [0.29, 0.717) is 17.5 Å². The van der Waals surface area contributed by atoms with Crippen molar-refractivity contribution in [3.8, 4) is 28.5 Å². The number of benzene rings is 2. The van der Waals surface area contributed by atoms with Crippen LogP contribution >= 0.6 is 0 Å². The molecular formula is C17H14N6O2. The highest BCUT2D eigenvalue weighted by Crippen LogP contribution is 2.21. The van der Waals surface area contributed by atoms with E-state index >= 15 is 0 Å². The lowest BCUT2D eigenvalue weighted by Crippen LogP contribution is -2.04. The molecule has 0 radical (unpaired) electrons. The molecule has 0 bridgehead atoms. The molecule has 2 aromatic carbocycles. The summed E-state index contributed by atoms with van der Waals surface area (Å²) < 4.78 is 10.5. The zero-order valence-electron chi connectivity index (χ0n) is 13.4. The normalized spacial score (nSPS) is 10.8. The van der Waals surface area contributed by atoms with E-state index < -0.39 is 0 Å². The molecular weight excluding hydrogens is 320 g/mol. The van der Waals surface area contributed by atoms with E-state index in [-0.39, 0.29) is 6.54 Å². The van der Waals surface area contributed by atoms with Gasteiger partial charge in [0, 0.05) is 11.1 Å². The zero-order chi connectivity index (χ0) is 17.1. The number of rotatable bonds is 5. The number of tetrazole rings is 1. The molecule has 0 N–H and O–H groups in total. The smallest absolute Gasteiger partial charge is 0.250 e. The summed E-state index contributed by atoms with van der Waals surface area (Å²) in [5.41, 5.74) is 1.71. The van der Waals surface area contributed by atoms with Gasteiger partial charge in [0.1, 0.15) is 12.3 Å². The van der Waals surface area contributed by atoms with Gasteiger partial charge in [-0.3, -0.25) is 0 Å². The van der Waals surface area contributed by atoms with Crippen LogP contribution in [0.25, 0.3) is 22.8 Å². The highest BCUT2D eigenvalue weighted by atomic mass is 16.5. The summed E-state index contributed by atoms with van der Waals surface area (Å²) in [6, 6.07) is 17.1. The Kier molecular flexibility index (Phi) is 3.91. The van der Waals surface area contributed by atoms with E-state index in [1.165, 1.54) is 4.80 Å². The Bertz CT molecular complexity index is 979. The van der Waals surface area contributed by atoms with Gasteiger partial charge in [0.05, 0.1) is 7.11 Å². The molecule has 0 aliphatic heterocycles. The van der Waals surface area contributed by atoms with E-state index in [1.807, 2.05) is 54.6 Å². The summed E-state index contributed by atoms with van der Waals surface area (Å²) >= 11 is 0. The molecule has 8 heteroatoms. The van der Waals surface area contributed by atoms with Crippen molar-refractivity contribution < 1.29 is 9.26 Å². The lowest BCUT2D eigenvalue weighted by molar-refractivity contribution is 0.356. The number of aromatic nitrogens is 6. The van der Waals surface area contributed by atoms with Crippen LogP contribution < -0.4 is 4.74 Å². The molecule has 2 heterocycles. The number of ether oxygens (including phenoxy) is 1. The fourth-order valence-corrected chi connectivity index (χ4v) is 2.33. The van der Waals surface area contributed by atoms with Crippen LogP contribution in [0.4, 0.5) is 0 Å². The zero-order valence-corrected chi connectivity index (χ0v) is 13.4. The molecule has 0 saturated heterocycles. The first-order valence-corrected chi connectivity index (χ1v) is 7.62. The monoisotopic (exact) mass is 334 g/mol. The third-order valence-electron chi connectivity index (χ3n) is 3.56. The van der Waals surface area contributed by atoms with Crippen LogP contribution in [0.15, 0.2) is 59.1 Å². The van der Waals surface area contributed by atoms with Crippen LogP contribution in [0.1, 0.15) is 5.89 Å². The minimum Gasteiger partial charge on any atom is -0.497 e. The maximum atomic E-state index is 5.28. The SMILES string of the molecule is COc1cccc(-c2noc(Cn3nnc(-c4ccccc4)n3)n2)c1. The molecule has 25 heavy (non-hydrogen) atoms. The summed E-state index contributed by atoms with van der Waals surface area (Å²) in [5, 5.41) is 16.4. The van der Waals surface area contributed by atoms with Gasteiger partial charge >= 0.3 is 0 Å². The van der Waals surface area contributed by atoms with Crippen molar-refractivity contribution in [1.82, 2.24) is 30.3 Å². The predicted octanol–water partition coefficient (Wildman–Crippen LogP) is 2.45. The average Bonchev–Trinajstić information content (AvgIpc) is 3.33. The van der Waals surface area contributed by atoms with Crippen LogP contribution in [0.2, 0.25) is 0 Å². The average molecular weight is 334 g/mol. The van der Waals surface area contributed by atoms with Crippen molar-refractivity contribution >= 4 is 0 Å². The topological polar surface area (TPSA) is 91.8 Å². The summed E-state index contributed by atoms with van der Waals surface area (Å²) in [6.45, 7) is 0.247. The van der Waals surface area contributed by atoms with E-state index in [1.54, 1.807) is 7.11 Å². The minimum absolute atomic E-state index is 0.247. The van der Waals surface area contributed by atoms with E-state index in [0.717, 1.165) is 16.9 Å². The van der Waals surface area contributed by atoms with Crippen LogP contribution in [-0.2, 0) is 6.54 Å². The molecule has 0 aliphatic carbocycles. The first kappa shape index (κ1) is 15.0. The lowest BCUT2D eigenvalue weighted by Gasteiger charge is -1.99. The molecule has 0 unspecified atom stereocenters. The maximum absolute atomic E-state index is 5.28. The fraction of sp³-hybridized carbons (Fsp3) is 0.118. The third kappa shape index (κ3) is 3.23. The van der Waals surface area contributed by atoms with Crippen molar-refractivity contribution in [3.63, 3.8) is 0 Å². The quantitative estimate of drug-likeness (QED) is 0.553. The van der Waals surface area contributed by atoms with Crippen LogP contribution in [0.5, 0.6) is 5.75 Å². The molecule has 8 nitrogen and oxygen atoms in total.